The van der Waals surface area contributed by atoms with Crippen LogP contribution in [0.15, 0.2) is 55.0 Å². The number of hydrogen-bond acceptors (Lipinski definition) is 4. The van der Waals surface area contributed by atoms with Gasteiger partial charge in [-0.1, -0.05) is 18.2 Å². The summed E-state index contributed by atoms with van der Waals surface area (Å²) < 4.78 is 1.65. The average Bonchev–Trinajstić information content (AvgIpc) is 3.37. The third-order valence-corrected chi connectivity index (χ3v) is 4.57. The average molecular weight is 346 g/mol. The predicted molar refractivity (Wildman–Crippen MR) is 96.0 cm³/mol. The molecule has 2 heterocycles. The molecule has 1 aliphatic rings. The summed E-state index contributed by atoms with van der Waals surface area (Å²) in [5.74, 6) is -0.404. The van der Waals surface area contributed by atoms with E-state index in [4.69, 9.17) is 0 Å². The summed E-state index contributed by atoms with van der Waals surface area (Å²) in [6, 6.07) is 11.0. The summed E-state index contributed by atoms with van der Waals surface area (Å²) >= 11 is 0. The van der Waals surface area contributed by atoms with E-state index in [9.17, 15) is 9.59 Å². The summed E-state index contributed by atoms with van der Waals surface area (Å²) in [4.78, 5) is 28.8. The highest BCUT2D eigenvalue weighted by molar-refractivity contribution is 6.42. The monoisotopic (exact) mass is 346 g/mol. The Morgan fingerprint density at radius 3 is 2.77 bits per heavy atom. The van der Waals surface area contributed by atoms with Gasteiger partial charge in [-0.25, -0.2) is 9.67 Å². The van der Waals surface area contributed by atoms with Crippen LogP contribution in [0.3, 0.4) is 0 Å². The van der Waals surface area contributed by atoms with Crippen molar-refractivity contribution >= 4 is 11.7 Å². The quantitative estimate of drug-likeness (QED) is 0.568. The van der Waals surface area contributed by atoms with E-state index < -0.39 is 11.7 Å². The van der Waals surface area contributed by atoms with Crippen molar-refractivity contribution in [2.45, 2.75) is 25.8 Å². The largest absolute Gasteiger partial charge is 0.345 e. The van der Waals surface area contributed by atoms with Crippen molar-refractivity contribution in [3.05, 3.63) is 77.2 Å². The van der Waals surface area contributed by atoms with Crippen LogP contribution < -0.4 is 5.32 Å². The fourth-order valence-corrected chi connectivity index (χ4v) is 3.17. The van der Waals surface area contributed by atoms with Gasteiger partial charge in [-0.05, 0) is 54.2 Å². The molecule has 130 valence electrons. The summed E-state index contributed by atoms with van der Waals surface area (Å²) in [5, 5.41) is 6.78. The van der Waals surface area contributed by atoms with Crippen molar-refractivity contribution in [2.24, 2.45) is 0 Å². The number of amides is 1. The van der Waals surface area contributed by atoms with Gasteiger partial charge >= 0.3 is 0 Å². The lowest BCUT2D eigenvalue weighted by Gasteiger charge is -2.07. The highest BCUT2D eigenvalue weighted by atomic mass is 16.2. The third kappa shape index (κ3) is 3.26. The molecule has 2 aromatic heterocycles. The molecule has 0 saturated heterocycles. The Balaban J connectivity index is 1.38. The van der Waals surface area contributed by atoms with Crippen molar-refractivity contribution < 1.29 is 9.59 Å². The van der Waals surface area contributed by atoms with E-state index in [1.54, 1.807) is 29.3 Å². The van der Waals surface area contributed by atoms with Crippen LogP contribution in [0.5, 0.6) is 0 Å². The highest BCUT2D eigenvalue weighted by Gasteiger charge is 2.19. The number of fused-ring (bicyclic) bond motifs is 1. The lowest BCUT2D eigenvalue weighted by atomic mass is 10.0. The molecule has 1 aromatic carbocycles. The smallest absolute Gasteiger partial charge is 0.292 e. The van der Waals surface area contributed by atoms with Gasteiger partial charge in [0.25, 0.3) is 5.91 Å². The molecule has 6 nitrogen and oxygen atoms in total. The van der Waals surface area contributed by atoms with Gasteiger partial charge in [0.2, 0.25) is 5.78 Å². The Hall–Kier alpha value is -3.28. The molecule has 6 heteroatoms. The van der Waals surface area contributed by atoms with Crippen LogP contribution >= 0.6 is 0 Å². The van der Waals surface area contributed by atoms with Gasteiger partial charge in [-0.3, -0.25) is 9.59 Å². The van der Waals surface area contributed by atoms with Crippen LogP contribution in [0.2, 0.25) is 0 Å². The number of benzene rings is 1. The van der Waals surface area contributed by atoms with Crippen LogP contribution in [0, 0.1) is 0 Å². The fraction of sp³-hybridized carbons (Fsp3) is 0.200. The van der Waals surface area contributed by atoms with Crippen molar-refractivity contribution in [3.8, 4) is 5.82 Å². The van der Waals surface area contributed by atoms with Gasteiger partial charge in [0, 0.05) is 30.7 Å². The molecule has 1 N–H and O–H groups in total. The minimum atomic E-state index is -0.598. The number of aryl methyl sites for hydroxylation is 2. The molecule has 0 radical (unpaired) electrons. The molecule has 0 saturated carbocycles. The lowest BCUT2D eigenvalue weighted by molar-refractivity contribution is -0.117. The molecule has 0 fully saturated rings. The predicted octanol–water partition coefficient (Wildman–Crippen LogP) is 2.26. The van der Waals surface area contributed by atoms with Crippen LogP contribution in [0.4, 0.5) is 0 Å². The zero-order chi connectivity index (χ0) is 17.9. The number of carbonyl (C=O) groups is 2. The number of pyridine rings is 1. The number of hydrogen-bond donors (Lipinski definition) is 1. The Labute approximate surface area is 150 Å². The lowest BCUT2D eigenvalue weighted by Crippen LogP contribution is -2.30. The van der Waals surface area contributed by atoms with Crippen LogP contribution in [-0.4, -0.2) is 26.5 Å². The molecule has 0 spiro atoms. The Kier molecular flexibility index (Phi) is 4.31. The number of Topliss-reactive ketones (excluding diaryl/α,β-unsaturated/α-hetero) is 1. The zero-order valence-corrected chi connectivity index (χ0v) is 14.2. The zero-order valence-electron chi connectivity index (χ0n) is 14.2. The van der Waals surface area contributed by atoms with Gasteiger partial charge < -0.3 is 5.32 Å². The number of rotatable bonds is 5. The van der Waals surface area contributed by atoms with Crippen molar-refractivity contribution in [3.63, 3.8) is 0 Å². The number of ketones is 1. The van der Waals surface area contributed by atoms with Crippen molar-refractivity contribution in [1.82, 2.24) is 20.1 Å². The summed E-state index contributed by atoms with van der Waals surface area (Å²) in [7, 11) is 0. The van der Waals surface area contributed by atoms with Gasteiger partial charge in [-0.2, -0.15) is 5.10 Å². The maximum absolute atomic E-state index is 12.3. The standard InChI is InChI=1S/C20H18N4O2/c25-19(17-7-6-15-3-1-4-16(15)11-17)20(26)22-13-14-5-8-18(21-12-14)24-10-2-9-23-24/h2,5-12H,1,3-4,13H2,(H,22,26). The SMILES string of the molecule is O=C(NCc1ccc(-n2cccn2)nc1)C(=O)c1ccc2c(c1)CCC2. The summed E-state index contributed by atoms with van der Waals surface area (Å²) in [5.41, 5.74) is 3.73. The number of nitrogens with zero attached hydrogens (tertiary/aromatic N) is 3. The first-order chi connectivity index (χ1) is 12.7. The summed E-state index contributed by atoms with van der Waals surface area (Å²) in [6.45, 7) is 0.252. The number of aromatic nitrogens is 3. The van der Waals surface area contributed by atoms with E-state index in [0.29, 0.717) is 11.4 Å². The first-order valence-corrected chi connectivity index (χ1v) is 8.60. The molecule has 3 aromatic rings. The molecule has 1 aliphatic carbocycles. The fourth-order valence-electron chi connectivity index (χ4n) is 3.17. The normalized spacial score (nSPS) is 12.6. The van der Waals surface area contributed by atoms with Crippen LogP contribution in [-0.2, 0) is 24.2 Å². The first kappa shape index (κ1) is 16.2. The second-order valence-corrected chi connectivity index (χ2v) is 6.32. The topological polar surface area (TPSA) is 76.9 Å². The molecular weight excluding hydrogens is 328 g/mol. The Bertz CT molecular complexity index is 946. The summed E-state index contributed by atoms with van der Waals surface area (Å²) in [6.07, 6.45) is 8.29. The molecule has 0 atom stereocenters. The first-order valence-electron chi connectivity index (χ1n) is 8.60. The van der Waals surface area contributed by atoms with E-state index in [-0.39, 0.29) is 6.54 Å². The second-order valence-electron chi connectivity index (χ2n) is 6.32. The molecule has 0 aliphatic heterocycles. The second kappa shape index (κ2) is 6.92. The van der Waals surface area contributed by atoms with E-state index in [1.165, 1.54) is 11.1 Å². The number of nitrogens with one attached hydrogen (secondary N) is 1. The molecule has 26 heavy (non-hydrogen) atoms. The maximum Gasteiger partial charge on any atom is 0.292 e. The highest BCUT2D eigenvalue weighted by Crippen LogP contribution is 2.23. The molecule has 0 unspecified atom stereocenters. The van der Waals surface area contributed by atoms with Crippen LogP contribution in [0.1, 0.15) is 33.5 Å². The molecule has 4 rings (SSSR count). The Morgan fingerprint density at radius 2 is 2.00 bits per heavy atom. The third-order valence-electron chi connectivity index (χ3n) is 4.57. The molecular formula is C20H18N4O2. The number of carbonyl (C=O) groups excluding carboxylic acids is 2. The van der Waals surface area contributed by atoms with Gasteiger partial charge in [0.1, 0.15) is 0 Å². The minimum Gasteiger partial charge on any atom is -0.345 e. The van der Waals surface area contributed by atoms with E-state index in [0.717, 1.165) is 24.8 Å². The maximum atomic E-state index is 12.3. The van der Waals surface area contributed by atoms with Gasteiger partial charge in [0.05, 0.1) is 0 Å². The van der Waals surface area contributed by atoms with Gasteiger partial charge in [-0.15, -0.1) is 0 Å². The van der Waals surface area contributed by atoms with Gasteiger partial charge in [0.15, 0.2) is 5.82 Å². The van der Waals surface area contributed by atoms with E-state index >= 15 is 0 Å². The van der Waals surface area contributed by atoms with E-state index in [1.807, 2.05) is 30.3 Å². The van der Waals surface area contributed by atoms with Crippen molar-refractivity contribution in [2.75, 3.05) is 0 Å². The molecule has 1 amide bonds. The minimum absolute atomic E-state index is 0.252. The van der Waals surface area contributed by atoms with E-state index in [2.05, 4.69) is 15.4 Å². The Morgan fingerprint density at radius 1 is 1.12 bits per heavy atom. The van der Waals surface area contributed by atoms with Crippen LogP contribution in [0.25, 0.3) is 5.82 Å². The van der Waals surface area contributed by atoms with Crippen molar-refractivity contribution in [1.29, 1.82) is 0 Å². The molecule has 0 bridgehead atoms.